The molecule has 0 bridgehead atoms. The van der Waals surface area contributed by atoms with Crippen LogP contribution in [0.25, 0.3) is 0 Å². The van der Waals surface area contributed by atoms with Crippen molar-refractivity contribution in [3.63, 3.8) is 0 Å². The Morgan fingerprint density at radius 1 is 0.900 bits per heavy atom. The van der Waals surface area contributed by atoms with Crippen LogP contribution in [-0.4, -0.2) is 18.9 Å². The second-order valence-corrected chi connectivity index (χ2v) is 6.93. The highest BCUT2D eigenvalue weighted by Gasteiger charge is 2.12. The van der Waals surface area contributed by atoms with Crippen LogP contribution in [0.2, 0.25) is 5.02 Å². The van der Waals surface area contributed by atoms with Crippen LogP contribution >= 0.6 is 11.6 Å². The lowest BCUT2D eigenvalue weighted by atomic mass is 10.1. The lowest BCUT2D eigenvalue weighted by Gasteiger charge is -2.13. The van der Waals surface area contributed by atoms with Gasteiger partial charge in [-0.3, -0.25) is 9.59 Å². The van der Waals surface area contributed by atoms with Crippen molar-refractivity contribution in [3.05, 3.63) is 82.9 Å². The summed E-state index contributed by atoms with van der Waals surface area (Å²) in [5.74, 6) is 0.482. The Morgan fingerprint density at radius 3 is 2.27 bits per heavy atom. The number of methoxy groups -OCH3 is 1. The molecule has 154 valence electrons. The van der Waals surface area contributed by atoms with E-state index < -0.39 is 0 Å². The third-order valence-corrected chi connectivity index (χ3v) is 4.43. The summed E-state index contributed by atoms with van der Waals surface area (Å²) >= 11 is 5.90. The van der Waals surface area contributed by atoms with Crippen LogP contribution in [0.5, 0.6) is 11.5 Å². The predicted molar refractivity (Wildman–Crippen MR) is 117 cm³/mol. The number of carbonyl (C=O) groups excluding carboxylic acids is 2. The first-order valence-corrected chi connectivity index (χ1v) is 9.56. The molecule has 0 saturated heterocycles. The number of halogens is 1. The molecule has 0 saturated carbocycles. The van der Waals surface area contributed by atoms with Gasteiger partial charge in [-0.15, -0.1) is 0 Å². The molecule has 0 fully saturated rings. The van der Waals surface area contributed by atoms with Gasteiger partial charge in [0, 0.05) is 28.9 Å². The van der Waals surface area contributed by atoms with Crippen molar-refractivity contribution in [1.82, 2.24) is 0 Å². The number of hydrogen-bond acceptors (Lipinski definition) is 4. The number of carbonyl (C=O) groups is 2. The van der Waals surface area contributed by atoms with E-state index in [1.807, 2.05) is 12.1 Å². The summed E-state index contributed by atoms with van der Waals surface area (Å²) < 4.78 is 11.2. The van der Waals surface area contributed by atoms with E-state index in [4.69, 9.17) is 21.1 Å². The molecule has 6 nitrogen and oxygen atoms in total. The molecular weight excluding hydrogens is 404 g/mol. The first-order valence-electron chi connectivity index (χ1n) is 9.19. The molecule has 0 aromatic heterocycles. The predicted octanol–water partition coefficient (Wildman–Crippen LogP) is 5.14. The molecule has 0 heterocycles. The molecule has 0 unspecified atom stereocenters. The third-order valence-electron chi connectivity index (χ3n) is 4.17. The maximum absolute atomic E-state index is 12.6. The zero-order chi connectivity index (χ0) is 21.5. The average Bonchev–Trinajstić information content (AvgIpc) is 2.73. The molecule has 0 atom stereocenters. The van der Waals surface area contributed by atoms with E-state index in [0.29, 0.717) is 40.1 Å². The highest BCUT2D eigenvalue weighted by molar-refractivity contribution is 6.30. The first-order chi connectivity index (χ1) is 14.4. The van der Waals surface area contributed by atoms with E-state index in [0.717, 1.165) is 5.56 Å². The van der Waals surface area contributed by atoms with Gasteiger partial charge in [-0.05, 0) is 54.1 Å². The summed E-state index contributed by atoms with van der Waals surface area (Å²) in [5.41, 5.74) is 2.54. The molecule has 3 aromatic rings. The summed E-state index contributed by atoms with van der Waals surface area (Å²) in [5, 5.41) is 6.15. The minimum Gasteiger partial charge on any atom is -0.493 e. The summed E-state index contributed by atoms with van der Waals surface area (Å²) in [7, 11) is 1.52. The van der Waals surface area contributed by atoms with E-state index in [-0.39, 0.29) is 11.8 Å². The Hall–Kier alpha value is -3.51. The number of rotatable bonds is 7. The van der Waals surface area contributed by atoms with Crippen LogP contribution in [-0.2, 0) is 11.4 Å². The van der Waals surface area contributed by atoms with Gasteiger partial charge in [0.25, 0.3) is 5.91 Å². The highest BCUT2D eigenvalue weighted by Crippen LogP contribution is 2.29. The minimum atomic E-state index is -0.308. The standard InChI is InChI=1S/C23H21ClN2O4/c1-15(27)25-19-4-3-5-20(13-19)26-23(28)17-8-11-21(22(12-17)29-2)30-14-16-6-9-18(24)10-7-16/h3-13H,14H2,1-2H3,(H,25,27)(H,26,28). The van der Waals surface area contributed by atoms with Gasteiger partial charge in [-0.25, -0.2) is 0 Å². The van der Waals surface area contributed by atoms with E-state index in [1.54, 1.807) is 54.6 Å². The maximum Gasteiger partial charge on any atom is 0.255 e. The Morgan fingerprint density at radius 2 is 1.60 bits per heavy atom. The summed E-state index contributed by atoms with van der Waals surface area (Å²) in [6, 6.07) is 19.2. The van der Waals surface area contributed by atoms with Gasteiger partial charge in [0.15, 0.2) is 11.5 Å². The van der Waals surface area contributed by atoms with Crippen molar-refractivity contribution in [2.75, 3.05) is 17.7 Å². The molecule has 2 N–H and O–H groups in total. The molecular formula is C23H21ClN2O4. The van der Waals surface area contributed by atoms with Gasteiger partial charge in [-0.1, -0.05) is 29.8 Å². The van der Waals surface area contributed by atoms with Crippen LogP contribution in [0, 0.1) is 0 Å². The smallest absolute Gasteiger partial charge is 0.255 e. The summed E-state index contributed by atoms with van der Waals surface area (Å²) in [4.78, 5) is 23.8. The molecule has 0 spiro atoms. The van der Waals surface area contributed by atoms with E-state index in [2.05, 4.69) is 10.6 Å². The third kappa shape index (κ3) is 5.75. The molecule has 7 heteroatoms. The van der Waals surface area contributed by atoms with Crippen molar-refractivity contribution in [2.45, 2.75) is 13.5 Å². The molecule has 2 amide bonds. The molecule has 0 radical (unpaired) electrons. The van der Waals surface area contributed by atoms with Gasteiger partial charge >= 0.3 is 0 Å². The fourth-order valence-corrected chi connectivity index (χ4v) is 2.88. The Labute approximate surface area is 179 Å². The van der Waals surface area contributed by atoms with Gasteiger partial charge < -0.3 is 20.1 Å². The number of ether oxygens (including phenoxy) is 2. The van der Waals surface area contributed by atoms with Gasteiger partial charge in [0.05, 0.1) is 7.11 Å². The normalized spacial score (nSPS) is 10.2. The van der Waals surface area contributed by atoms with Crippen LogP contribution in [0.3, 0.4) is 0 Å². The van der Waals surface area contributed by atoms with Crippen molar-refractivity contribution in [1.29, 1.82) is 0 Å². The topological polar surface area (TPSA) is 76.7 Å². The minimum absolute atomic E-state index is 0.183. The summed E-state index contributed by atoms with van der Waals surface area (Å²) in [6.45, 7) is 1.77. The Kier molecular flexibility index (Phi) is 6.93. The fraction of sp³-hybridized carbons (Fsp3) is 0.130. The second-order valence-electron chi connectivity index (χ2n) is 6.50. The van der Waals surface area contributed by atoms with Gasteiger partial charge in [0.2, 0.25) is 5.91 Å². The zero-order valence-corrected chi connectivity index (χ0v) is 17.3. The molecule has 0 aliphatic heterocycles. The van der Waals surface area contributed by atoms with Crippen molar-refractivity contribution >= 4 is 34.8 Å². The Bertz CT molecular complexity index is 1050. The zero-order valence-electron chi connectivity index (χ0n) is 16.6. The van der Waals surface area contributed by atoms with Crippen LogP contribution in [0.4, 0.5) is 11.4 Å². The average molecular weight is 425 g/mol. The number of anilines is 2. The molecule has 30 heavy (non-hydrogen) atoms. The van der Waals surface area contributed by atoms with Crippen molar-refractivity contribution < 1.29 is 19.1 Å². The quantitative estimate of drug-likeness (QED) is 0.550. The molecule has 0 aliphatic carbocycles. The van der Waals surface area contributed by atoms with E-state index in [9.17, 15) is 9.59 Å². The summed E-state index contributed by atoms with van der Waals surface area (Å²) in [6.07, 6.45) is 0. The van der Waals surface area contributed by atoms with Crippen molar-refractivity contribution in [3.8, 4) is 11.5 Å². The highest BCUT2D eigenvalue weighted by atomic mass is 35.5. The molecule has 3 aromatic carbocycles. The fourth-order valence-electron chi connectivity index (χ4n) is 2.75. The number of amides is 2. The lowest BCUT2D eigenvalue weighted by Crippen LogP contribution is -2.13. The van der Waals surface area contributed by atoms with Crippen molar-refractivity contribution in [2.24, 2.45) is 0 Å². The number of benzene rings is 3. The van der Waals surface area contributed by atoms with Gasteiger partial charge in [0.1, 0.15) is 6.61 Å². The number of hydrogen-bond donors (Lipinski definition) is 2. The Balaban J connectivity index is 1.69. The largest absolute Gasteiger partial charge is 0.493 e. The maximum atomic E-state index is 12.6. The van der Waals surface area contributed by atoms with E-state index >= 15 is 0 Å². The number of nitrogens with one attached hydrogen (secondary N) is 2. The van der Waals surface area contributed by atoms with Crippen LogP contribution < -0.4 is 20.1 Å². The second kappa shape index (κ2) is 9.80. The molecule has 0 aliphatic rings. The van der Waals surface area contributed by atoms with Crippen LogP contribution in [0.1, 0.15) is 22.8 Å². The van der Waals surface area contributed by atoms with E-state index in [1.165, 1.54) is 14.0 Å². The van der Waals surface area contributed by atoms with Crippen LogP contribution in [0.15, 0.2) is 66.7 Å². The van der Waals surface area contributed by atoms with Gasteiger partial charge in [-0.2, -0.15) is 0 Å². The molecule has 3 rings (SSSR count). The monoisotopic (exact) mass is 424 g/mol. The SMILES string of the molecule is COc1cc(C(=O)Nc2cccc(NC(C)=O)c2)ccc1OCc1ccc(Cl)cc1. The lowest BCUT2D eigenvalue weighted by molar-refractivity contribution is -0.114. The first kappa shape index (κ1) is 21.2.